The number of carbonyl (C=O) groups excluding carboxylic acids is 1. The molecule has 3 aromatic rings. The topological polar surface area (TPSA) is 63.4 Å². The van der Waals surface area contributed by atoms with E-state index in [1.54, 1.807) is 0 Å². The molecule has 2 aromatic carbocycles. The van der Waals surface area contributed by atoms with E-state index in [2.05, 4.69) is 34.5 Å². The Morgan fingerprint density at radius 3 is 2.48 bits per heavy atom. The Labute approximate surface area is 207 Å². The Hall–Kier alpha value is -2.59. The number of hydrogen-bond acceptors (Lipinski definition) is 4. The molecule has 167 valence electrons. The van der Waals surface area contributed by atoms with Gasteiger partial charge in [0.1, 0.15) is 0 Å². The van der Waals surface area contributed by atoms with Crippen molar-refractivity contribution < 1.29 is 25.2 Å². The fraction of sp³-hybridized carbons (Fsp3) is 0.346. The van der Waals surface area contributed by atoms with Crippen LogP contribution in [0.4, 0.5) is 11.6 Å². The number of likely N-dealkylation sites (tertiary alicyclic amines) is 1. The van der Waals surface area contributed by atoms with Crippen molar-refractivity contribution in [3.63, 3.8) is 0 Å². The summed E-state index contributed by atoms with van der Waals surface area (Å²) in [6.07, 6.45) is 7.18. The van der Waals surface area contributed by atoms with E-state index in [0.29, 0.717) is 12.0 Å². The first-order valence-corrected chi connectivity index (χ1v) is 11.5. The molecule has 2 unspecified atom stereocenters. The van der Waals surface area contributed by atoms with Gasteiger partial charge in [0.25, 0.3) is 5.91 Å². The molecule has 33 heavy (non-hydrogen) atoms. The maximum atomic E-state index is 13.3. The molecular weight excluding hydrogens is 585 g/mol. The fourth-order valence-corrected chi connectivity index (χ4v) is 5.69. The largest absolute Gasteiger partial charge is 0.656 e. The van der Waals surface area contributed by atoms with Gasteiger partial charge in [0.2, 0.25) is 5.95 Å². The van der Waals surface area contributed by atoms with E-state index in [1.165, 1.54) is 18.4 Å². The van der Waals surface area contributed by atoms with Crippen molar-refractivity contribution in [1.29, 1.82) is 0 Å². The van der Waals surface area contributed by atoms with Crippen molar-refractivity contribution in [3.05, 3.63) is 77.4 Å². The van der Waals surface area contributed by atoms with Gasteiger partial charge in [0.15, 0.2) is 0 Å². The summed E-state index contributed by atoms with van der Waals surface area (Å²) in [7, 11) is 0. The number of nitrogens with zero attached hydrogens (tertiary/aromatic N) is 5. The Morgan fingerprint density at radius 2 is 1.82 bits per heavy atom. The Kier molecular flexibility index (Phi) is 4.92. The van der Waals surface area contributed by atoms with Crippen LogP contribution in [0.5, 0.6) is 0 Å². The van der Waals surface area contributed by atoms with Gasteiger partial charge in [-0.25, -0.2) is 9.97 Å². The van der Waals surface area contributed by atoms with Gasteiger partial charge in [-0.05, 0) is 42.5 Å². The fourth-order valence-electron chi connectivity index (χ4n) is 5.69. The molecule has 2 saturated heterocycles. The van der Waals surface area contributed by atoms with Gasteiger partial charge in [-0.1, -0.05) is 36.4 Å². The molecule has 1 aliphatic carbocycles. The third kappa shape index (κ3) is 3.33. The molecule has 1 radical (unpaired) electrons. The van der Waals surface area contributed by atoms with E-state index < -0.39 is 0 Å². The first kappa shape index (κ1) is 21.0. The number of rotatable bonds is 3. The average molecular weight is 609 g/mol. The minimum Gasteiger partial charge on any atom is -0.656 e. The van der Waals surface area contributed by atoms with E-state index in [-0.39, 0.29) is 37.8 Å². The van der Waals surface area contributed by atoms with Crippen molar-refractivity contribution in [1.82, 2.24) is 14.9 Å². The summed E-state index contributed by atoms with van der Waals surface area (Å²) in [4.78, 5) is 27.0. The number of anilines is 2. The van der Waals surface area contributed by atoms with Gasteiger partial charge < -0.3 is 15.1 Å². The molecule has 3 aliphatic heterocycles. The standard InChI is InChI=1S/C26H24N5O.Re/c32-24(30-15-20-11-21(30)14-27-20)18-6-7-22-23(10-18)31(16-26(22)8-9-26)25-28-12-19(13-29-25)17-4-2-1-3-5-17;/h1-7,10,12-13,20-21H,8-9,11,14-16H2;/q-1;. The summed E-state index contributed by atoms with van der Waals surface area (Å²) in [6, 6.07) is 17.1. The summed E-state index contributed by atoms with van der Waals surface area (Å²) in [5, 5.41) is 4.58. The molecule has 2 bridgehead atoms. The second-order valence-electron chi connectivity index (χ2n) is 9.60. The van der Waals surface area contributed by atoms with Crippen LogP contribution in [0.25, 0.3) is 16.4 Å². The summed E-state index contributed by atoms with van der Waals surface area (Å²) in [5.41, 5.74) is 5.51. The zero-order valence-electron chi connectivity index (χ0n) is 18.2. The summed E-state index contributed by atoms with van der Waals surface area (Å²) in [6.45, 7) is 2.44. The van der Waals surface area contributed by atoms with Crippen LogP contribution in [0.3, 0.4) is 0 Å². The van der Waals surface area contributed by atoms with E-state index >= 15 is 0 Å². The van der Waals surface area contributed by atoms with Crippen molar-refractivity contribution >= 4 is 17.5 Å². The minimum atomic E-state index is 0. The molecular formula is C26H24N5ORe-. The van der Waals surface area contributed by atoms with Crippen LogP contribution in [-0.2, 0) is 25.8 Å². The van der Waals surface area contributed by atoms with E-state index in [1.807, 2.05) is 41.6 Å². The van der Waals surface area contributed by atoms with Crippen LogP contribution in [0.1, 0.15) is 35.2 Å². The number of benzene rings is 2. The van der Waals surface area contributed by atoms with Crippen LogP contribution in [0, 0.1) is 0 Å². The zero-order chi connectivity index (χ0) is 21.3. The van der Waals surface area contributed by atoms with Crippen molar-refractivity contribution in [2.24, 2.45) is 0 Å². The SMILES string of the molecule is O=C(c1ccc2c(c1)N(c1ncc(-c3ccccc3)cn1)CC21CC1)N1CC2CC1C[N-]2.[Re]. The van der Waals surface area contributed by atoms with Crippen molar-refractivity contribution in [3.8, 4) is 11.1 Å². The maximum absolute atomic E-state index is 13.3. The summed E-state index contributed by atoms with van der Waals surface area (Å²) >= 11 is 0. The van der Waals surface area contributed by atoms with E-state index in [0.717, 1.165) is 48.4 Å². The Morgan fingerprint density at radius 1 is 1.03 bits per heavy atom. The van der Waals surface area contributed by atoms with Crippen LogP contribution in [0.2, 0.25) is 0 Å². The van der Waals surface area contributed by atoms with E-state index in [4.69, 9.17) is 9.97 Å². The van der Waals surface area contributed by atoms with Gasteiger partial charge >= 0.3 is 0 Å². The summed E-state index contributed by atoms with van der Waals surface area (Å²) < 4.78 is 0. The molecule has 0 N–H and O–H groups in total. The molecule has 4 heterocycles. The number of hydrogen-bond donors (Lipinski definition) is 0. The van der Waals surface area contributed by atoms with E-state index in [9.17, 15) is 4.79 Å². The third-order valence-electron chi connectivity index (χ3n) is 7.64. The molecule has 7 rings (SSSR count). The molecule has 3 fully saturated rings. The molecule has 2 atom stereocenters. The molecule has 1 amide bonds. The van der Waals surface area contributed by atoms with Crippen LogP contribution in [-0.4, -0.2) is 52.5 Å². The normalized spacial score (nSPS) is 23.5. The van der Waals surface area contributed by atoms with Crippen LogP contribution < -0.4 is 4.90 Å². The quantitative estimate of drug-likeness (QED) is 0.445. The molecule has 4 aliphatic rings. The van der Waals surface area contributed by atoms with Crippen molar-refractivity contribution in [2.45, 2.75) is 36.8 Å². The van der Waals surface area contributed by atoms with Gasteiger partial charge in [-0.2, -0.15) is 0 Å². The second kappa shape index (κ2) is 7.73. The van der Waals surface area contributed by atoms with Gasteiger partial charge in [-0.3, -0.25) is 4.79 Å². The third-order valence-corrected chi connectivity index (χ3v) is 7.64. The van der Waals surface area contributed by atoms with Crippen LogP contribution >= 0.6 is 0 Å². The number of amides is 1. The number of fused-ring (bicyclic) bond motifs is 4. The minimum absolute atomic E-state index is 0. The van der Waals surface area contributed by atoms with Gasteiger partial charge in [0, 0.05) is 74.2 Å². The van der Waals surface area contributed by atoms with Gasteiger partial charge in [-0.15, -0.1) is 12.6 Å². The molecule has 6 nitrogen and oxygen atoms in total. The predicted molar refractivity (Wildman–Crippen MR) is 123 cm³/mol. The zero-order valence-corrected chi connectivity index (χ0v) is 20.9. The Bertz CT molecular complexity index is 1210. The first-order chi connectivity index (χ1) is 15.7. The second-order valence-corrected chi connectivity index (χ2v) is 9.60. The predicted octanol–water partition coefficient (Wildman–Crippen LogP) is 4.29. The number of carbonyl (C=O) groups is 1. The van der Waals surface area contributed by atoms with Crippen LogP contribution in [0.15, 0.2) is 60.9 Å². The molecule has 1 spiro atoms. The average Bonchev–Trinajstić information content (AvgIpc) is 3.17. The number of aromatic nitrogens is 2. The summed E-state index contributed by atoms with van der Waals surface area (Å²) in [5.74, 6) is 0.838. The first-order valence-electron chi connectivity index (χ1n) is 11.5. The van der Waals surface area contributed by atoms with Gasteiger partial charge in [0.05, 0.1) is 0 Å². The number of piperazine rings is 1. The monoisotopic (exact) mass is 609 g/mol. The smallest absolute Gasteiger partial charge is 0.254 e. The Balaban J connectivity index is 0.00000206. The van der Waals surface area contributed by atoms with Crippen molar-refractivity contribution in [2.75, 3.05) is 24.5 Å². The molecule has 1 saturated carbocycles. The maximum Gasteiger partial charge on any atom is 0.254 e. The molecule has 1 aromatic heterocycles. The molecule has 7 heteroatoms.